The average Bonchev–Trinajstić information content (AvgIpc) is 2.05. The van der Waals surface area contributed by atoms with Crippen molar-refractivity contribution in [3.8, 4) is 0 Å². The lowest BCUT2D eigenvalue weighted by Crippen LogP contribution is -2.30. The van der Waals surface area contributed by atoms with Crippen molar-refractivity contribution in [3.63, 3.8) is 0 Å². The van der Waals surface area contributed by atoms with Crippen molar-refractivity contribution in [2.24, 2.45) is 17.1 Å². The van der Waals surface area contributed by atoms with Gasteiger partial charge in [-0.25, -0.2) is 0 Å². The summed E-state index contributed by atoms with van der Waals surface area (Å²) in [6.45, 7) is 4.13. The van der Waals surface area contributed by atoms with Gasteiger partial charge in [0.2, 0.25) is 0 Å². The maximum atomic E-state index is 10.6. The largest absolute Gasteiger partial charge is 0.481 e. The summed E-state index contributed by atoms with van der Waals surface area (Å²) in [5.74, 6) is -1.08. The monoisotopic (exact) mass is 157 g/mol. The zero-order chi connectivity index (χ0) is 8.65. The van der Waals surface area contributed by atoms with Crippen LogP contribution in [0.25, 0.3) is 0 Å². The van der Waals surface area contributed by atoms with Crippen LogP contribution in [0.1, 0.15) is 26.7 Å². The summed E-state index contributed by atoms with van der Waals surface area (Å²) >= 11 is 0. The number of hydrogen-bond donors (Lipinski definition) is 2. The standard InChI is InChI=1S/C8H15NO2/c1-8(2)3-5(7(10)11)6(9)4-8/h5-6H,3-4,9H2,1-2H3,(H,10,11)/t5-,6+/m0/s1. The van der Waals surface area contributed by atoms with Crippen LogP contribution in [0.5, 0.6) is 0 Å². The molecule has 64 valence electrons. The molecule has 0 unspecified atom stereocenters. The SMILES string of the molecule is CC1(C)C[C@@H](N)[C@@H](C(=O)O)C1. The molecule has 0 aromatic rings. The lowest BCUT2D eigenvalue weighted by atomic mass is 9.91. The molecule has 0 aromatic carbocycles. The zero-order valence-electron chi connectivity index (χ0n) is 7.00. The second-order valence-electron chi connectivity index (χ2n) is 4.18. The fraction of sp³-hybridized carbons (Fsp3) is 0.875. The van der Waals surface area contributed by atoms with E-state index >= 15 is 0 Å². The van der Waals surface area contributed by atoms with Gasteiger partial charge < -0.3 is 10.8 Å². The van der Waals surface area contributed by atoms with Crippen LogP contribution in [0, 0.1) is 11.3 Å². The van der Waals surface area contributed by atoms with E-state index in [0.29, 0.717) is 6.42 Å². The van der Waals surface area contributed by atoms with Gasteiger partial charge in [-0.05, 0) is 18.3 Å². The number of nitrogens with two attached hydrogens (primary N) is 1. The number of carboxylic acids is 1. The van der Waals surface area contributed by atoms with Crippen molar-refractivity contribution >= 4 is 5.97 Å². The molecule has 1 saturated carbocycles. The van der Waals surface area contributed by atoms with Crippen LogP contribution in [-0.4, -0.2) is 17.1 Å². The van der Waals surface area contributed by atoms with Crippen molar-refractivity contribution in [2.75, 3.05) is 0 Å². The van der Waals surface area contributed by atoms with Gasteiger partial charge in [-0.3, -0.25) is 4.79 Å². The van der Waals surface area contributed by atoms with Crippen LogP contribution < -0.4 is 5.73 Å². The van der Waals surface area contributed by atoms with E-state index in [1.165, 1.54) is 0 Å². The normalized spacial score (nSPS) is 35.5. The summed E-state index contributed by atoms with van der Waals surface area (Å²) in [6, 6.07) is -0.150. The van der Waals surface area contributed by atoms with Crippen LogP contribution in [0.4, 0.5) is 0 Å². The third-order valence-corrected chi connectivity index (χ3v) is 2.39. The average molecular weight is 157 g/mol. The molecule has 0 amide bonds. The van der Waals surface area contributed by atoms with E-state index in [1.54, 1.807) is 0 Å². The van der Waals surface area contributed by atoms with E-state index in [2.05, 4.69) is 13.8 Å². The summed E-state index contributed by atoms with van der Waals surface area (Å²) in [5.41, 5.74) is 5.79. The van der Waals surface area contributed by atoms with Crippen LogP contribution >= 0.6 is 0 Å². The van der Waals surface area contributed by atoms with Crippen LogP contribution in [0.2, 0.25) is 0 Å². The lowest BCUT2D eigenvalue weighted by Gasteiger charge is -2.15. The highest BCUT2D eigenvalue weighted by Crippen LogP contribution is 2.40. The highest BCUT2D eigenvalue weighted by atomic mass is 16.4. The molecular weight excluding hydrogens is 142 g/mol. The molecule has 0 spiro atoms. The highest BCUT2D eigenvalue weighted by molar-refractivity contribution is 5.71. The van der Waals surface area contributed by atoms with E-state index in [9.17, 15) is 4.79 Å². The molecule has 0 radical (unpaired) electrons. The van der Waals surface area contributed by atoms with Gasteiger partial charge >= 0.3 is 5.97 Å². The van der Waals surface area contributed by atoms with E-state index in [-0.39, 0.29) is 17.4 Å². The van der Waals surface area contributed by atoms with Gasteiger partial charge in [0.15, 0.2) is 0 Å². The summed E-state index contributed by atoms with van der Waals surface area (Å²) in [5, 5.41) is 8.74. The van der Waals surface area contributed by atoms with Gasteiger partial charge in [-0.2, -0.15) is 0 Å². The molecule has 3 nitrogen and oxygen atoms in total. The van der Waals surface area contributed by atoms with E-state index in [1.807, 2.05) is 0 Å². The van der Waals surface area contributed by atoms with Crippen LogP contribution in [0.15, 0.2) is 0 Å². The molecule has 0 aliphatic heterocycles. The quantitative estimate of drug-likeness (QED) is 0.592. The molecule has 0 aromatic heterocycles. The Kier molecular flexibility index (Phi) is 1.92. The third kappa shape index (κ3) is 1.71. The molecule has 0 bridgehead atoms. The van der Waals surface area contributed by atoms with Crippen LogP contribution in [0.3, 0.4) is 0 Å². The van der Waals surface area contributed by atoms with Gasteiger partial charge in [-0.1, -0.05) is 13.8 Å². The highest BCUT2D eigenvalue weighted by Gasteiger charge is 2.40. The molecule has 3 N–H and O–H groups in total. The van der Waals surface area contributed by atoms with Gasteiger partial charge in [-0.15, -0.1) is 0 Å². The summed E-state index contributed by atoms with van der Waals surface area (Å²) < 4.78 is 0. The Hall–Kier alpha value is -0.570. The smallest absolute Gasteiger partial charge is 0.308 e. The summed E-state index contributed by atoms with van der Waals surface area (Å²) in [7, 11) is 0. The molecule has 1 rings (SSSR count). The Morgan fingerprint density at radius 3 is 2.27 bits per heavy atom. The number of hydrogen-bond acceptors (Lipinski definition) is 2. The predicted molar refractivity (Wildman–Crippen MR) is 42.1 cm³/mol. The molecule has 1 aliphatic carbocycles. The second kappa shape index (κ2) is 2.48. The lowest BCUT2D eigenvalue weighted by molar-refractivity contribution is -0.142. The van der Waals surface area contributed by atoms with Crippen molar-refractivity contribution in [1.29, 1.82) is 0 Å². The zero-order valence-corrected chi connectivity index (χ0v) is 7.00. The minimum Gasteiger partial charge on any atom is -0.481 e. The molecule has 1 fully saturated rings. The number of rotatable bonds is 1. The molecule has 2 atom stereocenters. The Morgan fingerprint density at radius 2 is 2.09 bits per heavy atom. The Labute approximate surface area is 66.6 Å². The fourth-order valence-corrected chi connectivity index (χ4v) is 1.88. The maximum Gasteiger partial charge on any atom is 0.308 e. The predicted octanol–water partition coefficient (Wildman–Crippen LogP) is 0.834. The number of carboxylic acid groups (broad SMARTS) is 1. The summed E-state index contributed by atoms with van der Waals surface area (Å²) in [4.78, 5) is 10.6. The van der Waals surface area contributed by atoms with Crippen molar-refractivity contribution < 1.29 is 9.90 Å². The first-order valence-electron chi connectivity index (χ1n) is 3.91. The van der Waals surface area contributed by atoms with Gasteiger partial charge in [0, 0.05) is 6.04 Å². The van der Waals surface area contributed by atoms with Gasteiger partial charge in [0.1, 0.15) is 0 Å². The van der Waals surface area contributed by atoms with Gasteiger partial charge in [0.25, 0.3) is 0 Å². The third-order valence-electron chi connectivity index (χ3n) is 2.39. The molecule has 1 aliphatic rings. The Bertz CT molecular complexity index is 177. The molecular formula is C8H15NO2. The number of aliphatic carboxylic acids is 1. The van der Waals surface area contributed by atoms with E-state index in [4.69, 9.17) is 10.8 Å². The van der Waals surface area contributed by atoms with E-state index in [0.717, 1.165) is 6.42 Å². The summed E-state index contributed by atoms with van der Waals surface area (Å²) in [6.07, 6.45) is 1.54. The molecule has 0 heterocycles. The number of carbonyl (C=O) groups is 1. The topological polar surface area (TPSA) is 63.3 Å². The first-order chi connectivity index (χ1) is 4.92. The first-order valence-corrected chi connectivity index (χ1v) is 3.91. The fourth-order valence-electron chi connectivity index (χ4n) is 1.88. The van der Waals surface area contributed by atoms with Gasteiger partial charge in [0.05, 0.1) is 5.92 Å². The second-order valence-corrected chi connectivity index (χ2v) is 4.18. The van der Waals surface area contributed by atoms with Crippen LogP contribution in [-0.2, 0) is 4.79 Å². The van der Waals surface area contributed by atoms with Crippen molar-refractivity contribution in [3.05, 3.63) is 0 Å². The van der Waals surface area contributed by atoms with Crippen molar-refractivity contribution in [1.82, 2.24) is 0 Å². The molecule has 11 heavy (non-hydrogen) atoms. The Morgan fingerprint density at radius 1 is 1.55 bits per heavy atom. The minimum absolute atomic E-state index is 0.114. The molecule has 0 saturated heterocycles. The molecule has 3 heteroatoms. The maximum absolute atomic E-state index is 10.6. The minimum atomic E-state index is -0.747. The van der Waals surface area contributed by atoms with Crippen molar-refractivity contribution in [2.45, 2.75) is 32.7 Å². The van der Waals surface area contributed by atoms with E-state index < -0.39 is 5.97 Å². The first kappa shape index (κ1) is 8.53. The Balaban J connectivity index is 2.66.